The van der Waals surface area contributed by atoms with Crippen molar-refractivity contribution in [3.63, 3.8) is 0 Å². The van der Waals surface area contributed by atoms with Crippen LogP contribution < -0.4 is 10.5 Å². The molecule has 6 heteroatoms. The fourth-order valence-electron chi connectivity index (χ4n) is 1.73. The number of nitrogens with zero attached hydrogens (tertiary/aromatic N) is 1. The van der Waals surface area contributed by atoms with Crippen molar-refractivity contribution in [1.82, 2.24) is 4.98 Å². The maximum atomic E-state index is 13.7. The van der Waals surface area contributed by atoms with E-state index in [9.17, 15) is 8.78 Å². The lowest BCUT2D eigenvalue weighted by Crippen LogP contribution is -2.18. The number of benzene rings is 1. The van der Waals surface area contributed by atoms with Gasteiger partial charge in [-0.25, -0.2) is 9.37 Å². The Hall–Kier alpha value is -1.53. The molecule has 0 aliphatic rings. The summed E-state index contributed by atoms with van der Waals surface area (Å²) in [4.78, 5) is 4.05. The molecule has 0 amide bonds. The van der Waals surface area contributed by atoms with Gasteiger partial charge in [0.25, 0.3) is 0 Å². The van der Waals surface area contributed by atoms with Gasteiger partial charge < -0.3 is 10.5 Å². The maximum Gasteiger partial charge on any atom is 0.222 e. The topological polar surface area (TPSA) is 48.1 Å². The summed E-state index contributed by atoms with van der Waals surface area (Å²) in [6.07, 6.45) is 2.05. The zero-order valence-corrected chi connectivity index (χ0v) is 12.3. The summed E-state index contributed by atoms with van der Waals surface area (Å²) in [5, 5.41) is 0. The van der Waals surface area contributed by atoms with Gasteiger partial charge in [-0.1, -0.05) is 22.0 Å². The van der Waals surface area contributed by atoms with E-state index < -0.39 is 11.6 Å². The Bertz CT molecular complexity index is 620. The standard InChI is InChI=1S/C14H13BrF2N2O/c1-8(18)5-9-3-2-4-19-14(9)20-12-7-10(15)6-11(16)13(12)17/h2-4,6-8H,5,18H2,1H3. The first-order chi connectivity index (χ1) is 9.47. The van der Waals surface area contributed by atoms with Crippen molar-refractivity contribution < 1.29 is 13.5 Å². The summed E-state index contributed by atoms with van der Waals surface area (Å²) in [5.74, 6) is -2.03. The lowest BCUT2D eigenvalue weighted by Gasteiger charge is -2.12. The fourth-order valence-corrected chi connectivity index (χ4v) is 2.14. The highest BCUT2D eigenvalue weighted by Gasteiger charge is 2.15. The third-order valence-electron chi connectivity index (χ3n) is 2.56. The zero-order valence-electron chi connectivity index (χ0n) is 10.7. The number of rotatable bonds is 4. The van der Waals surface area contributed by atoms with Crippen LogP contribution in [0.4, 0.5) is 8.78 Å². The molecule has 0 saturated heterocycles. The van der Waals surface area contributed by atoms with Gasteiger partial charge in [-0.3, -0.25) is 0 Å². The number of hydrogen-bond donors (Lipinski definition) is 1. The van der Waals surface area contributed by atoms with Crippen molar-refractivity contribution in [2.45, 2.75) is 19.4 Å². The molecule has 1 aromatic carbocycles. The van der Waals surface area contributed by atoms with Gasteiger partial charge in [0.05, 0.1) is 0 Å². The molecule has 0 fully saturated rings. The Labute approximate surface area is 123 Å². The molecule has 3 nitrogen and oxygen atoms in total. The highest BCUT2D eigenvalue weighted by atomic mass is 79.9. The fraction of sp³-hybridized carbons (Fsp3) is 0.214. The Balaban J connectivity index is 2.35. The first-order valence-electron chi connectivity index (χ1n) is 5.99. The summed E-state index contributed by atoms with van der Waals surface area (Å²) < 4.78 is 32.8. The largest absolute Gasteiger partial charge is 0.436 e. The number of pyridine rings is 1. The third-order valence-corrected chi connectivity index (χ3v) is 3.02. The third kappa shape index (κ3) is 3.52. The molecule has 1 aromatic heterocycles. The van der Waals surface area contributed by atoms with E-state index in [1.165, 1.54) is 12.3 Å². The van der Waals surface area contributed by atoms with Crippen molar-refractivity contribution >= 4 is 15.9 Å². The minimum Gasteiger partial charge on any atom is -0.436 e. The molecule has 0 bridgehead atoms. The van der Waals surface area contributed by atoms with Gasteiger partial charge >= 0.3 is 0 Å². The van der Waals surface area contributed by atoms with Gasteiger partial charge in [0.1, 0.15) is 0 Å². The monoisotopic (exact) mass is 342 g/mol. The van der Waals surface area contributed by atoms with E-state index in [0.29, 0.717) is 10.9 Å². The number of ether oxygens (including phenoxy) is 1. The van der Waals surface area contributed by atoms with Gasteiger partial charge in [0, 0.05) is 22.3 Å². The molecule has 0 spiro atoms. The van der Waals surface area contributed by atoms with Crippen molar-refractivity contribution in [2.75, 3.05) is 0 Å². The van der Waals surface area contributed by atoms with Crippen molar-refractivity contribution in [3.8, 4) is 11.6 Å². The quantitative estimate of drug-likeness (QED) is 0.859. The first kappa shape index (κ1) is 14.9. The number of nitrogens with two attached hydrogens (primary N) is 1. The molecule has 1 heterocycles. The number of aromatic nitrogens is 1. The highest BCUT2D eigenvalue weighted by molar-refractivity contribution is 9.10. The molecule has 106 valence electrons. The summed E-state index contributed by atoms with van der Waals surface area (Å²) >= 11 is 3.09. The Morgan fingerprint density at radius 1 is 1.40 bits per heavy atom. The van der Waals surface area contributed by atoms with Crippen LogP contribution in [0.25, 0.3) is 0 Å². The maximum absolute atomic E-state index is 13.7. The van der Waals surface area contributed by atoms with Crippen molar-refractivity contribution in [2.24, 2.45) is 5.73 Å². The summed E-state index contributed by atoms with van der Waals surface area (Å²) in [6, 6.07) is 5.82. The Morgan fingerprint density at radius 2 is 2.15 bits per heavy atom. The molecule has 2 aromatic rings. The van der Waals surface area contributed by atoms with E-state index in [-0.39, 0.29) is 17.7 Å². The van der Waals surface area contributed by atoms with Crippen LogP contribution in [-0.2, 0) is 6.42 Å². The van der Waals surface area contributed by atoms with Crippen LogP contribution in [0.15, 0.2) is 34.9 Å². The predicted molar refractivity (Wildman–Crippen MR) is 75.7 cm³/mol. The smallest absolute Gasteiger partial charge is 0.222 e. The number of hydrogen-bond acceptors (Lipinski definition) is 3. The molecule has 2 N–H and O–H groups in total. The number of halogens is 3. The van der Waals surface area contributed by atoms with Crippen LogP contribution in [0.5, 0.6) is 11.6 Å². The van der Waals surface area contributed by atoms with Crippen LogP contribution in [0, 0.1) is 11.6 Å². The minimum atomic E-state index is -1.05. The second-order valence-corrected chi connectivity index (χ2v) is 5.37. The molecule has 0 aliphatic heterocycles. The van der Waals surface area contributed by atoms with Crippen LogP contribution in [0.1, 0.15) is 12.5 Å². The lowest BCUT2D eigenvalue weighted by molar-refractivity contribution is 0.400. The summed E-state index contributed by atoms with van der Waals surface area (Å²) in [5.41, 5.74) is 6.48. The molecular weight excluding hydrogens is 330 g/mol. The average molecular weight is 343 g/mol. The van der Waals surface area contributed by atoms with Gasteiger partial charge in [-0.15, -0.1) is 0 Å². The van der Waals surface area contributed by atoms with Crippen molar-refractivity contribution in [3.05, 3.63) is 52.1 Å². The zero-order chi connectivity index (χ0) is 14.7. The molecule has 0 saturated carbocycles. The van der Waals surface area contributed by atoms with Crippen LogP contribution in [-0.4, -0.2) is 11.0 Å². The van der Waals surface area contributed by atoms with E-state index in [1.807, 2.05) is 6.92 Å². The molecular formula is C14H13BrF2N2O. The molecule has 0 aliphatic carbocycles. The SMILES string of the molecule is CC(N)Cc1cccnc1Oc1cc(Br)cc(F)c1F. The Morgan fingerprint density at radius 3 is 2.85 bits per heavy atom. The predicted octanol–water partition coefficient (Wildman–Crippen LogP) is 3.80. The van der Waals surface area contributed by atoms with Crippen LogP contribution in [0.2, 0.25) is 0 Å². The second kappa shape index (κ2) is 6.28. The van der Waals surface area contributed by atoms with Gasteiger partial charge in [-0.05, 0) is 31.5 Å². The van der Waals surface area contributed by atoms with Gasteiger partial charge in [0.2, 0.25) is 11.7 Å². The van der Waals surface area contributed by atoms with E-state index in [4.69, 9.17) is 10.5 Å². The summed E-state index contributed by atoms with van der Waals surface area (Å²) in [7, 11) is 0. The van der Waals surface area contributed by atoms with Gasteiger partial charge in [-0.2, -0.15) is 4.39 Å². The molecule has 20 heavy (non-hydrogen) atoms. The molecule has 2 rings (SSSR count). The highest BCUT2D eigenvalue weighted by Crippen LogP contribution is 2.30. The lowest BCUT2D eigenvalue weighted by atomic mass is 10.1. The molecule has 1 unspecified atom stereocenters. The van der Waals surface area contributed by atoms with Crippen molar-refractivity contribution in [1.29, 1.82) is 0 Å². The molecule has 0 radical (unpaired) electrons. The van der Waals surface area contributed by atoms with E-state index >= 15 is 0 Å². The van der Waals surface area contributed by atoms with E-state index in [2.05, 4.69) is 20.9 Å². The summed E-state index contributed by atoms with van der Waals surface area (Å²) in [6.45, 7) is 1.84. The minimum absolute atomic E-state index is 0.0920. The van der Waals surface area contributed by atoms with E-state index in [1.54, 1.807) is 12.1 Å². The van der Waals surface area contributed by atoms with Gasteiger partial charge in [0.15, 0.2) is 11.6 Å². The van der Waals surface area contributed by atoms with Crippen LogP contribution >= 0.6 is 15.9 Å². The normalized spacial score (nSPS) is 12.2. The second-order valence-electron chi connectivity index (χ2n) is 4.45. The van der Waals surface area contributed by atoms with E-state index in [0.717, 1.165) is 11.6 Å². The first-order valence-corrected chi connectivity index (χ1v) is 6.78. The Kier molecular flexibility index (Phi) is 4.67. The van der Waals surface area contributed by atoms with Crippen LogP contribution in [0.3, 0.4) is 0 Å². The molecule has 1 atom stereocenters. The average Bonchev–Trinajstić information content (AvgIpc) is 2.37.